The average Bonchev–Trinajstić information content (AvgIpc) is 3.48. The molecule has 0 rings (SSSR count). The molecule has 0 aromatic heterocycles. The van der Waals surface area contributed by atoms with Gasteiger partial charge < -0.3 is 33.8 Å². The minimum Gasteiger partial charge on any atom is -0.462 e. The molecular weight excluding hydrogens is 1130 g/mol. The molecule has 85 heavy (non-hydrogen) atoms. The van der Waals surface area contributed by atoms with Crippen LogP contribution in [0.1, 0.15) is 325 Å². The van der Waals surface area contributed by atoms with Crippen molar-refractivity contribution in [1.29, 1.82) is 0 Å². The molecule has 0 aromatic rings. The van der Waals surface area contributed by atoms with Crippen LogP contribution < -0.4 is 0 Å². The fourth-order valence-electron chi connectivity index (χ4n) is 9.83. The number of ether oxygens (including phenoxy) is 4. The van der Waals surface area contributed by atoms with Crippen LogP contribution in [-0.2, 0) is 65.4 Å². The third kappa shape index (κ3) is 60.7. The summed E-state index contributed by atoms with van der Waals surface area (Å²) in [5, 5.41) is 10.5. The number of hydrogen-bond donors (Lipinski definition) is 3. The SMILES string of the molecule is CCCCCCCCCCC(=O)OC[C@H](COP(=O)(O)OC[C@H](O)COP(=O)(O)OC[C@@H](COC(=O)CCCCCCCCCCCC(C)C)OC(=O)CCCCCCCCCCCCCC(C)C)OC(=O)CCCCCCCCCCC(C)C. The Hall–Kier alpha value is -1.94. The average molecular weight is 1260 g/mol. The quantitative estimate of drug-likeness (QED) is 0.0222. The van der Waals surface area contributed by atoms with Gasteiger partial charge in [-0.05, 0) is 43.4 Å². The second kappa shape index (κ2) is 57.2. The van der Waals surface area contributed by atoms with Crippen molar-refractivity contribution in [2.24, 2.45) is 17.8 Å². The zero-order chi connectivity index (χ0) is 63.1. The van der Waals surface area contributed by atoms with Crippen LogP contribution >= 0.6 is 15.6 Å². The molecule has 504 valence electrons. The molecule has 19 heteroatoms. The summed E-state index contributed by atoms with van der Waals surface area (Å²) in [6.45, 7) is 11.7. The Morgan fingerprint density at radius 1 is 0.318 bits per heavy atom. The smallest absolute Gasteiger partial charge is 0.462 e. The van der Waals surface area contributed by atoms with Crippen molar-refractivity contribution in [2.45, 2.75) is 343 Å². The molecule has 0 saturated carbocycles. The first-order chi connectivity index (χ1) is 40.7. The number of phosphoric acid groups is 2. The van der Waals surface area contributed by atoms with Crippen LogP contribution in [0.4, 0.5) is 0 Å². The van der Waals surface area contributed by atoms with E-state index >= 15 is 0 Å². The normalized spacial score (nSPS) is 14.3. The topological polar surface area (TPSA) is 237 Å². The molecule has 0 bridgehead atoms. The standard InChI is InChI=1S/C66H128O17P2/c1-8-9-10-11-12-26-33-40-47-63(68)76-53-61(83-66(71)50-43-36-29-22-21-25-32-39-46-59(6)7)55-80-84(72,73)78-51-60(67)52-79-85(74,75)81-56-62(54-77-64(69)48-41-34-27-20-16-18-24-31-38-45-58(4)5)82-65(70)49-42-35-28-19-15-13-14-17-23-30-37-44-57(2)3/h57-62,67H,8-56H2,1-7H3,(H,72,73)(H,74,75)/t60-,61+,62+/m0/s1. The van der Waals surface area contributed by atoms with E-state index < -0.39 is 97.5 Å². The van der Waals surface area contributed by atoms with Crippen molar-refractivity contribution in [2.75, 3.05) is 39.6 Å². The van der Waals surface area contributed by atoms with Gasteiger partial charge in [-0.3, -0.25) is 37.3 Å². The van der Waals surface area contributed by atoms with Crippen molar-refractivity contribution in [3.05, 3.63) is 0 Å². The number of aliphatic hydroxyl groups excluding tert-OH is 1. The van der Waals surface area contributed by atoms with E-state index in [-0.39, 0.29) is 25.7 Å². The van der Waals surface area contributed by atoms with Crippen LogP contribution in [-0.4, -0.2) is 96.7 Å². The van der Waals surface area contributed by atoms with Gasteiger partial charge in [-0.1, -0.05) is 273 Å². The molecule has 0 aliphatic carbocycles. The van der Waals surface area contributed by atoms with E-state index in [4.69, 9.17) is 37.0 Å². The Labute approximate surface area is 517 Å². The largest absolute Gasteiger partial charge is 0.472 e. The summed E-state index contributed by atoms with van der Waals surface area (Å²) in [4.78, 5) is 72.3. The number of hydrogen-bond acceptors (Lipinski definition) is 15. The zero-order valence-corrected chi connectivity index (χ0v) is 56.9. The van der Waals surface area contributed by atoms with Crippen LogP contribution in [0.25, 0.3) is 0 Å². The molecule has 0 radical (unpaired) electrons. The minimum atomic E-state index is -4.95. The number of phosphoric ester groups is 2. The van der Waals surface area contributed by atoms with Crippen molar-refractivity contribution in [3.8, 4) is 0 Å². The molecular formula is C66H128O17P2. The van der Waals surface area contributed by atoms with Crippen molar-refractivity contribution in [1.82, 2.24) is 0 Å². The molecule has 0 saturated heterocycles. The Morgan fingerprint density at radius 3 is 0.800 bits per heavy atom. The lowest BCUT2D eigenvalue weighted by molar-refractivity contribution is -0.161. The van der Waals surface area contributed by atoms with Crippen LogP contribution in [0.2, 0.25) is 0 Å². The molecule has 0 fully saturated rings. The summed E-state index contributed by atoms with van der Waals surface area (Å²) < 4.78 is 68.0. The number of carbonyl (C=O) groups is 4. The molecule has 0 heterocycles. The highest BCUT2D eigenvalue weighted by Gasteiger charge is 2.30. The van der Waals surface area contributed by atoms with Crippen LogP contribution in [0, 0.1) is 17.8 Å². The van der Waals surface area contributed by atoms with Gasteiger partial charge in [0, 0.05) is 25.7 Å². The second-order valence-electron chi connectivity index (χ2n) is 25.3. The molecule has 0 aliphatic rings. The summed E-state index contributed by atoms with van der Waals surface area (Å²) in [5.41, 5.74) is 0. The molecule has 2 unspecified atom stereocenters. The maximum absolute atomic E-state index is 13.0. The van der Waals surface area contributed by atoms with Gasteiger partial charge in [-0.2, -0.15) is 0 Å². The van der Waals surface area contributed by atoms with E-state index in [0.717, 1.165) is 114 Å². The Kier molecular flexibility index (Phi) is 55.9. The third-order valence-corrected chi connectivity index (χ3v) is 17.0. The summed E-state index contributed by atoms with van der Waals surface area (Å²) in [6.07, 6.45) is 39.0. The second-order valence-corrected chi connectivity index (χ2v) is 28.2. The van der Waals surface area contributed by atoms with E-state index in [9.17, 15) is 43.2 Å². The predicted molar refractivity (Wildman–Crippen MR) is 340 cm³/mol. The fraction of sp³-hybridized carbons (Fsp3) is 0.939. The summed E-state index contributed by atoms with van der Waals surface area (Å²) in [6, 6.07) is 0. The molecule has 5 atom stereocenters. The van der Waals surface area contributed by atoms with E-state index in [1.807, 2.05) is 0 Å². The number of esters is 4. The van der Waals surface area contributed by atoms with E-state index in [1.54, 1.807) is 0 Å². The highest BCUT2D eigenvalue weighted by atomic mass is 31.2. The first-order valence-electron chi connectivity index (χ1n) is 34.3. The van der Waals surface area contributed by atoms with Gasteiger partial charge >= 0.3 is 39.5 Å². The number of rotatable bonds is 64. The number of carbonyl (C=O) groups excluding carboxylic acids is 4. The summed E-state index contributed by atoms with van der Waals surface area (Å²) in [7, 11) is -9.89. The predicted octanol–water partition coefficient (Wildman–Crippen LogP) is 18.3. The van der Waals surface area contributed by atoms with Crippen LogP contribution in [0.3, 0.4) is 0 Å². The van der Waals surface area contributed by atoms with Gasteiger partial charge in [0.1, 0.15) is 19.3 Å². The maximum Gasteiger partial charge on any atom is 0.472 e. The highest BCUT2D eigenvalue weighted by Crippen LogP contribution is 2.45. The first kappa shape index (κ1) is 83.1. The molecule has 17 nitrogen and oxygen atoms in total. The van der Waals surface area contributed by atoms with E-state index in [0.29, 0.717) is 25.7 Å². The Balaban J connectivity index is 5.24. The minimum absolute atomic E-state index is 0.104. The van der Waals surface area contributed by atoms with Gasteiger partial charge in [-0.15, -0.1) is 0 Å². The molecule has 0 amide bonds. The van der Waals surface area contributed by atoms with Crippen molar-refractivity contribution >= 4 is 39.5 Å². The van der Waals surface area contributed by atoms with Crippen molar-refractivity contribution < 1.29 is 80.2 Å². The van der Waals surface area contributed by atoms with E-state index in [1.165, 1.54) is 128 Å². The van der Waals surface area contributed by atoms with Gasteiger partial charge in [0.05, 0.1) is 26.4 Å². The lowest BCUT2D eigenvalue weighted by atomic mass is 10.0. The van der Waals surface area contributed by atoms with Gasteiger partial charge in [-0.25, -0.2) is 9.13 Å². The Bertz CT molecular complexity index is 1680. The first-order valence-corrected chi connectivity index (χ1v) is 37.3. The van der Waals surface area contributed by atoms with E-state index in [2.05, 4.69) is 48.5 Å². The monoisotopic (exact) mass is 1250 g/mol. The molecule has 0 spiro atoms. The fourth-order valence-corrected chi connectivity index (χ4v) is 11.4. The van der Waals surface area contributed by atoms with Crippen molar-refractivity contribution in [3.63, 3.8) is 0 Å². The molecule has 3 N–H and O–H groups in total. The number of unbranched alkanes of at least 4 members (excludes halogenated alkanes) is 32. The lowest BCUT2D eigenvalue weighted by Crippen LogP contribution is -2.30. The highest BCUT2D eigenvalue weighted by molar-refractivity contribution is 7.47. The van der Waals surface area contributed by atoms with Crippen LogP contribution in [0.5, 0.6) is 0 Å². The number of aliphatic hydroxyl groups is 1. The lowest BCUT2D eigenvalue weighted by Gasteiger charge is -2.21. The summed E-state index contributed by atoms with van der Waals surface area (Å²) in [5.74, 6) is 0.0918. The maximum atomic E-state index is 13.0. The molecule has 0 aliphatic heterocycles. The summed E-state index contributed by atoms with van der Waals surface area (Å²) >= 11 is 0. The van der Waals surface area contributed by atoms with Gasteiger partial charge in [0.2, 0.25) is 0 Å². The molecule has 0 aromatic carbocycles. The van der Waals surface area contributed by atoms with Gasteiger partial charge in [0.15, 0.2) is 12.2 Å². The zero-order valence-electron chi connectivity index (χ0n) is 55.1. The van der Waals surface area contributed by atoms with Crippen LogP contribution in [0.15, 0.2) is 0 Å². The Morgan fingerprint density at radius 2 is 0.541 bits per heavy atom. The van der Waals surface area contributed by atoms with Gasteiger partial charge in [0.25, 0.3) is 0 Å². The third-order valence-electron chi connectivity index (χ3n) is 15.1.